The van der Waals surface area contributed by atoms with E-state index in [0.29, 0.717) is 23.4 Å². The summed E-state index contributed by atoms with van der Waals surface area (Å²) in [6, 6.07) is 2.15. The van der Waals surface area contributed by atoms with Crippen LogP contribution >= 0.6 is 0 Å². The van der Waals surface area contributed by atoms with Gasteiger partial charge in [0.2, 0.25) is 0 Å². The maximum Gasteiger partial charge on any atom is 0.102 e. The predicted octanol–water partition coefficient (Wildman–Crippen LogP) is 5.67. The second kappa shape index (κ2) is 8.63. The predicted molar refractivity (Wildman–Crippen MR) is 133 cm³/mol. The van der Waals surface area contributed by atoms with Crippen molar-refractivity contribution in [1.29, 1.82) is 5.26 Å². The Bertz CT molecular complexity index is 934. The lowest BCUT2D eigenvalue weighted by molar-refractivity contribution is -0.140. The SMILES string of the molecule is COCC1CC2C3CCC4(C)C(CCC4[C@@](C)(O)Cn4cc(C#N)cn4)C3CCC2(C)CC1C. The smallest absolute Gasteiger partial charge is 0.102 e. The number of aromatic nitrogens is 2. The quantitative estimate of drug-likeness (QED) is 0.605. The van der Waals surface area contributed by atoms with Gasteiger partial charge in [0, 0.05) is 19.9 Å². The van der Waals surface area contributed by atoms with Gasteiger partial charge >= 0.3 is 0 Å². The number of methoxy groups -OCH3 is 1. The van der Waals surface area contributed by atoms with E-state index in [1.165, 1.54) is 44.9 Å². The summed E-state index contributed by atoms with van der Waals surface area (Å²) in [7, 11) is 1.87. The maximum absolute atomic E-state index is 11.7. The molecule has 0 spiro atoms. The first-order chi connectivity index (χ1) is 16.1. The number of aliphatic hydroxyl groups is 1. The highest BCUT2D eigenvalue weighted by atomic mass is 16.5. The number of fused-ring (bicyclic) bond motifs is 5. The lowest BCUT2D eigenvalue weighted by Gasteiger charge is -2.61. The van der Waals surface area contributed by atoms with Gasteiger partial charge in [-0.05, 0) is 111 Å². The van der Waals surface area contributed by atoms with Crippen molar-refractivity contribution in [2.24, 2.45) is 52.3 Å². The van der Waals surface area contributed by atoms with Gasteiger partial charge in [0.05, 0.1) is 23.9 Å². The lowest BCUT2D eigenvalue weighted by atomic mass is 9.44. The minimum Gasteiger partial charge on any atom is -0.388 e. The average molecular weight is 468 g/mol. The third-order valence-electron chi connectivity index (χ3n) is 11.5. The summed E-state index contributed by atoms with van der Waals surface area (Å²) in [5, 5.41) is 25.2. The number of ether oxygens (including phenoxy) is 1. The van der Waals surface area contributed by atoms with Gasteiger partial charge in [-0.1, -0.05) is 20.8 Å². The molecule has 1 aromatic heterocycles. The van der Waals surface area contributed by atoms with Crippen LogP contribution in [-0.4, -0.2) is 34.2 Å². The lowest BCUT2D eigenvalue weighted by Crippen LogP contribution is -2.55. The fourth-order valence-corrected chi connectivity index (χ4v) is 10.0. The van der Waals surface area contributed by atoms with E-state index < -0.39 is 5.60 Å². The Labute approximate surface area is 206 Å². The summed E-state index contributed by atoms with van der Waals surface area (Å²) in [4.78, 5) is 0. The molecule has 34 heavy (non-hydrogen) atoms. The molecule has 5 heteroatoms. The summed E-state index contributed by atoms with van der Waals surface area (Å²) in [5.41, 5.74) is 0.436. The van der Waals surface area contributed by atoms with Crippen LogP contribution in [0.25, 0.3) is 0 Å². The van der Waals surface area contributed by atoms with Gasteiger partial charge in [-0.2, -0.15) is 10.4 Å². The molecule has 0 bridgehead atoms. The maximum atomic E-state index is 11.7. The van der Waals surface area contributed by atoms with E-state index in [1.54, 1.807) is 17.1 Å². The first kappa shape index (κ1) is 24.3. The van der Waals surface area contributed by atoms with Crippen molar-refractivity contribution in [3.8, 4) is 6.07 Å². The molecule has 5 rings (SSSR count). The highest BCUT2D eigenvalue weighted by molar-refractivity contribution is 5.22. The van der Waals surface area contributed by atoms with Crippen LogP contribution in [0, 0.1) is 63.6 Å². The van der Waals surface area contributed by atoms with Crippen LogP contribution < -0.4 is 0 Å². The fraction of sp³-hybridized carbons (Fsp3) is 0.862. The zero-order valence-corrected chi connectivity index (χ0v) is 22.0. The van der Waals surface area contributed by atoms with Crippen LogP contribution in [0.4, 0.5) is 0 Å². The average Bonchev–Trinajstić information content (AvgIpc) is 3.37. The highest BCUT2D eigenvalue weighted by Crippen LogP contribution is 2.68. The van der Waals surface area contributed by atoms with Crippen LogP contribution in [-0.2, 0) is 11.3 Å². The summed E-state index contributed by atoms with van der Waals surface area (Å²) < 4.78 is 7.41. The summed E-state index contributed by atoms with van der Waals surface area (Å²) >= 11 is 0. The summed E-state index contributed by atoms with van der Waals surface area (Å²) in [6.07, 6.45) is 13.7. The van der Waals surface area contributed by atoms with Gasteiger partial charge in [-0.25, -0.2) is 0 Å². The summed E-state index contributed by atoms with van der Waals surface area (Å²) in [5.74, 6) is 4.96. The fourth-order valence-electron chi connectivity index (χ4n) is 10.0. The molecular formula is C29H45N3O2. The van der Waals surface area contributed by atoms with Crippen molar-refractivity contribution in [3.05, 3.63) is 18.0 Å². The normalized spacial score (nSPS) is 45.5. The number of hydrogen-bond donors (Lipinski definition) is 1. The van der Waals surface area contributed by atoms with Crippen LogP contribution in [0.2, 0.25) is 0 Å². The van der Waals surface area contributed by atoms with Crippen molar-refractivity contribution in [2.75, 3.05) is 13.7 Å². The molecule has 0 amide bonds. The van der Waals surface area contributed by atoms with Gasteiger partial charge < -0.3 is 9.84 Å². The molecule has 1 N–H and O–H groups in total. The van der Waals surface area contributed by atoms with Crippen molar-refractivity contribution in [2.45, 2.75) is 91.2 Å². The minimum absolute atomic E-state index is 0.192. The molecule has 0 saturated heterocycles. The van der Waals surface area contributed by atoms with E-state index in [4.69, 9.17) is 10.00 Å². The van der Waals surface area contributed by atoms with Crippen LogP contribution in [0.1, 0.15) is 84.6 Å². The molecule has 5 nitrogen and oxygen atoms in total. The molecule has 9 unspecified atom stereocenters. The molecule has 0 radical (unpaired) electrons. The van der Waals surface area contributed by atoms with E-state index in [0.717, 1.165) is 42.6 Å². The Kier molecular flexibility index (Phi) is 6.17. The Balaban J connectivity index is 1.35. The second-order valence-electron chi connectivity index (χ2n) is 13.4. The molecule has 0 aliphatic heterocycles. The van der Waals surface area contributed by atoms with Crippen molar-refractivity contribution in [3.63, 3.8) is 0 Å². The molecule has 1 heterocycles. The Morgan fingerprint density at radius 3 is 2.65 bits per heavy atom. The summed E-state index contributed by atoms with van der Waals surface area (Å²) in [6.45, 7) is 10.9. The van der Waals surface area contributed by atoms with Crippen LogP contribution in [0.3, 0.4) is 0 Å². The second-order valence-corrected chi connectivity index (χ2v) is 13.4. The van der Waals surface area contributed by atoms with E-state index in [-0.39, 0.29) is 11.3 Å². The van der Waals surface area contributed by atoms with Crippen LogP contribution in [0.15, 0.2) is 12.4 Å². The Hall–Kier alpha value is -1.38. The van der Waals surface area contributed by atoms with Crippen molar-refractivity contribution >= 4 is 0 Å². The molecule has 188 valence electrons. The van der Waals surface area contributed by atoms with E-state index in [2.05, 4.69) is 31.9 Å². The van der Waals surface area contributed by atoms with Gasteiger partial charge in [0.15, 0.2) is 0 Å². The topological polar surface area (TPSA) is 71.1 Å². The largest absolute Gasteiger partial charge is 0.388 e. The van der Waals surface area contributed by atoms with E-state index in [9.17, 15) is 5.11 Å². The number of rotatable bonds is 5. The highest BCUT2D eigenvalue weighted by Gasteiger charge is 2.62. The monoisotopic (exact) mass is 467 g/mol. The molecular weight excluding hydrogens is 422 g/mol. The van der Waals surface area contributed by atoms with E-state index >= 15 is 0 Å². The van der Waals surface area contributed by atoms with Crippen LogP contribution in [0.5, 0.6) is 0 Å². The molecule has 4 fully saturated rings. The van der Waals surface area contributed by atoms with Crippen molar-refractivity contribution in [1.82, 2.24) is 9.78 Å². The number of nitrogens with zero attached hydrogens (tertiary/aromatic N) is 3. The molecule has 0 aromatic carbocycles. The molecule has 4 aliphatic carbocycles. The van der Waals surface area contributed by atoms with Gasteiger partial charge in [-0.15, -0.1) is 0 Å². The number of hydrogen-bond acceptors (Lipinski definition) is 4. The van der Waals surface area contributed by atoms with Gasteiger partial charge in [-0.3, -0.25) is 4.68 Å². The molecule has 4 aliphatic rings. The van der Waals surface area contributed by atoms with Gasteiger partial charge in [0.25, 0.3) is 0 Å². The third-order valence-corrected chi connectivity index (χ3v) is 11.5. The first-order valence-electron chi connectivity index (χ1n) is 13.7. The Morgan fingerprint density at radius 1 is 1.21 bits per heavy atom. The molecule has 1 aromatic rings. The number of nitriles is 1. The zero-order valence-electron chi connectivity index (χ0n) is 22.0. The van der Waals surface area contributed by atoms with Gasteiger partial charge in [0.1, 0.15) is 6.07 Å². The van der Waals surface area contributed by atoms with E-state index in [1.807, 2.05) is 14.0 Å². The first-order valence-corrected chi connectivity index (χ1v) is 13.7. The minimum atomic E-state index is -0.817. The Morgan fingerprint density at radius 2 is 1.94 bits per heavy atom. The molecule has 10 atom stereocenters. The molecule has 4 saturated carbocycles. The van der Waals surface area contributed by atoms with Crippen molar-refractivity contribution < 1.29 is 9.84 Å². The zero-order chi connectivity index (χ0) is 24.3. The standard InChI is InChI=1S/C29H45N3O2/c1-19-13-27(2)10-8-22-23(25(27)12-21(19)17-34-5)9-11-28(3)24(22)6-7-26(28)29(4,33)18-32-16-20(14-30)15-31-32/h15-16,19,21-26,33H,6-13,17-18H2,1-5H3/t19?,21?,22?,23?,24?,25?,26?,27?,28?,29-/m0/s1. The third kappa shape index (κ3) is 3.84.